The number of carbonyl (C=O) groups excluding carboxylic acids is 2. The van der Waals surface area contributed by atoms with E-state index in [2.05, 4.69) is 34.9 Å². The van der Waals surface area contributed by atoms with Crippen molar-refractivity contribution in [3.8, 4) is 11.1 Å². The second kappa shape index (κ2) is 11.4. The average molecular weight is 479 g/mol. The molecule has 2 aromatic rings. The van der Waals surface area contributed by atoms with Crippen LogP contribution < -0.4 is 10.6 Å². The first-order valence-corrected chi connectivity index (χ1v) is 12.5. The maximum absolute atomic E-state index is 12.3. The Morgan fingerprint density at radius 1 is 0.971 bits per heavy atom. The number of hydrogen-bond acceptors (Lipinski definition) is 4. The van der Waals surface area contributed by atoms with Gasteiger partial charge in [0.1, 0.15) is 6.61 Å². The molecule has 0 spiro atoms. The van der Waals surface area contributed by atoms with Crippen LogP contribution in [0.4, 0.5) is 4.79 Å². The van der Waals surface area contributed by atoms with E-state index < -0.39 is 18.0 Å². The highest BCUT2D eigenvalue weighted by atomic mass is 16.5. The topological polar surface area (TPSA) is 105 Å². The van der Waals surface area contributed by atoms with Crippen LogP contribution in [-0.4, -0.2) is 42.8 Å². The molecule has 0 bridgehead atoms. The van der Waals surface area contributed by atoms with Gasteiger partial charge in [-0.25, -0.2) is 4.79 Å². The molecule has 0 heterocycles. The second-order valence-corrected chi connectivity index (χ2v) is 9.74. The van der Waals surface area contributed by atoms with Crippen molar-refractivity contribution in [1.82, 2.24) is 10.6 Å². The number of ether oxygens (including phenoxy) is 1. The third-order valence-corrected chi connectivity index (χ3v) is 7.22. The zero-order valence-corrected chi connectivity index (χ0v) is 20.2. The van der Waals surface area contributed by atoms with Crippen molar-refractivity contribution in [2.24, 2.45) is 17.8 Å². The molecule has 1 saturated carbocycles. The molecule has 7 nitrogen and oxygen atoms in total. The average Bonchev–Trinajstić information content (AvgIpc) is 3.15. The van der Waals surface area contributed by atoms with Gasteiger partial charge in [-0.1, -0.05) is 61.9 Å². The molecule has 2 aliphatic carbocycles. The number of carboxylic acids is 1. The summed E-state index contributed by atoms with van der Waals surface area (Å²) in [7, 11) is 0. The predicted molar refractivity (Wildman–Crippen MR) is 133 cm³/mol. The zero-order valence-electron chi connectivity index (χ0n) is 20.2. The molecule has 1 unspecified atom stereocenters. The van der Waals surface area contributed by atoms with Gasteiger partial charge >= 0.3 is 12.1 Å². The number of nitrogens with one attached hydrogen (secondary N) is 2. The number of hydrogen-bond donors (Lipinski definition) is 3. The lowest BCUT2D eigenvalue weighted by Gasteiger charge is -2.35. The third kappa shape index (κ3) is 6.02. The van der Waals surface area contributed by atoms with Crippen LogP contribution in [-0.2, 0) is 14.3 Å². The van der Waals surface area contributed by atoms with Crippen LogP contribution in [0.3, 0.4) is 0 Å². The Hall–Kier alpha value is -3.35. The van der Waals surface area contributed by atoms with Crippen LogP contribution in [0.25, 0.3) is 11.1 Å². The number of benzene rings is 2. The van der Waals surface area contributed by atoms with E-state index in [0.717, 1.165) is 19.3 Å². The van der Waals surface area contributed by atoms with Gasteiger partial charge < -0.3 is 20.5 Å². The van der Waals surface area contributed by atoms with E-state index in [1.807, 2.05) is 31.2 Å². The molecule has 186 valence electrons. The molecule has 4 rings (SSSR count). The van der Waals surface area contributed by atoms with E-state index in [9.17, 15) is 19.5 Å². The van der Waals surface area contributed by atoms with Crippen LogP contribution >= 0.6 is 0 Å². The van der Waals surface area contributed by atoms with E-state index in [4.69, 9.17) is 4.74 Å². The van der Waals surface area contributed by atoms with E-state index in [1.165, 1.54) is 22.3 Å². The van der Waals surface area contributed by atoms with E-state index in [1.54, 1.807) is 0 Å². The van der Waals surface area contributed by atoms with Crippen molar-refractivity contribution in [2.75, 3.05) is 19.7 Å². The van der Waals surface area contributed by atoms with Crippen molar-refractivity contribution in [3.63, 3.8) is 0 Å². The first kappa shape index (κ1) is 24.8. The highest BCUT2D eigenvalue weighted by molar-refractivity contribution is 5.79. The molecule has 35 heavy (non-hydrogen) atoms. The lowest BCUT2D eigenvalue weighted by atomic mass is 9.73. The summed E-state index contributed by atoms with van der Waals surface area (Å²) in [4.78, 5) is 35.7. The Balaban J connectivity index is 1.15. The van der Waals surface area contributed by atoms with Crippen LogP contribution in [0.2, 0.25) is 0 Å². The highest BCUT2D eigenvalue weighted by Crippen LogP contribution is 2.44. The molecule has 2 aliphatic rings. The number of carboxylic acid groups (broad SMARTS) is 1. The largest absolute Gasteiger partial charge is 0.481 e. The molecular formula is C28H34N2O5. The van der Waals surface area contributed by atoms with E-state index in [-0.39, 0.29) is 24.3 Å². The number of carbonyl (C=O) groups is 3. The number of aliphatic carboxylic acids is 1. The van der Waals surface area contributed by atoms with Gasteiger partial charge in [0.15, 0.2) is 0 Å². The monoisotopic (exact) mass is 478 g/mol. The summed E-state index contributed by atoms with van der Waals surface area (Å²) in [5.74, 6) is -0.841. The fourth-order valence-electron chi connectivity index (χ4n) is 5.32. The van der Waals surface area contributed by atoms with Crippen LogP contribution in [0, 0.1) is 17.8 Å². The molecular weight excluding hydrogens is 444 g/mol. The Morgan fingerprint density at radius 2 is 1.60 bits per heavy atom. The summed E-state index contributed by atoms with van der Waals surface area (Å²) in [6, 6.07) is 16.5. The first-order chi connectivity index (χ1) is 17.0. The minimum Gasteiger partial charge on any atom is -0.481 e. The molecule has 0 radical (unpaired) electrons. The summed E-state index contributed by atoms with van der Waals surface area (Å²) in [5.41, 5.74) is 4.77. The smallest absolute Gasteiger partial charge is 0.407 e. The van der Waals surface area contributed by atoms with Crippen molar-refractivity contribution >= 4 is 18.0 Å². The van der Waals surface area contributed by atoms with Gasteiger partial charge in [-0.3, -0.25) is 9.59 Å². The van der Waals surface area contributed by atoms with Crippen LogP contribution in [0.1, 0.15) is 56.1 Å². The van der Waals surface area contributed by atoms with Crippen LogP contribution in [0.5, 0.6) is 0 Å². The number of fused-ring (bicyclic) bond motifs is 3. The second-order valence-electron chi connectivity index (χ2n) is 9.74. The molecule has 0 aromatic heterocycles. The van der Waals surface area contributed by atoms with Crippen molar-refractivity contribution in [3.05, 3.63) is 59.7 Å². The van der Waals surface area contributed by atoms with Gasteiger partial charge in [-0.15, -0.1) is 0 Å². The minimum atomic E-state index is -0.866. The number of alkyl carbamates (subject to hydrolysis) is 1. The SMILES string of the molecule is CCCC(CNC(=O)CC1CC(CNC(=O)OCC2c3ccccc3-c3ccccc32)C1)C(=O)O. The molecule has 3 N–H and O–H groups in total. The summed E-state index contributed by atoms with van der Waals surface area (Å²) in [5, 5.41) is 14.8. The van der Waals surface area contributed by atoms with Gasteiger partial charge in [0.25, 0.3) is 0 Å². The third-order valence-electron chi connectivity index (χ3n) is 7.22. The summed E-state index contributed by atoms with van der Waals surface area (Å²) in [6.07, 6.45) is 3.06. The molecule has 1 fully saturated rings. The minimum absolute atomic E-state index is 0.0396. The molecule has 2 aromatic carbocycles. The van der Waals surface area contributed by atoms with Gasteiger partial charge in [0.05, 0.1) is 5.92 Å². The summed E-state index contributed by atoms with van der Waals surface area (Å²) in [6.45, 7) is 2.94. The van der Waals surface area contributed by atoms with Crippen molar-refractivity contribution < 1.29 is 24.2 Å². The van der Waals surface area contributed by atoms with E-state index in [0.29, 0.717) is 31.9 Å². The molecule has 1 atom stereocenters. The molecule has 7 heteroatoms. The summed E-state index contributed by atoms with van der Waals surface area (Å²) >= 11 is 0. The van der Waals surface area contributed by atoms with Crippen molar-refractivity contribution in [2.45, 2.75) is 44.9 Å². The highest BCUT2D eigenvalue weighted by Gasteiger charge is 2.32. The Kier molecular flexibility index (Phi) is 8.06. The lowest BCUT2D eigenvalue weighted by molar-refractivity contribution is -0.142. The summed E-state index contributed by atoms with van der Waals surface area (Å²) < 4.78 is 5.58. The molecule has 0 aliphatic heterocycles. The maximum Gasteiger partial charge on any atom is 0.407 e. The number of amides is 2. The molecule has 2 amide bonds. The maximum atomic E-state index is 12.3. The van der Waals surface area contributed by atoms with Gasteiger partial charge in [-0.2, -0.15) is 0 Å². The number of rotatable bonds is 11. The molecule has 0 saturated heterocycles. The Labute approximate surface area is 206 Å². The van der Waals surface area contributed by atoms with Crippen molar-refractivity contribution in [1.29, 1.82) is 0 Å². The van der Waals surface area contributed by atoms with Gasteiger partial charge in [0, 0.05) is 25.4 Å². The first-order valence-electron chi connectivity index (χ1n) is 12.5. The predicted octanol–water partition coefficient (Wildman–Crippen LogP) is 4.56. The van der Waals surface area contributed by atoms with E-state index >= 15 is 0 Å². The standard InChI is InChI=1S/C28H34N2O5/c1-2-7-20(27(32)33)16-29-26(31)14-18-12-19(13-18)15-30-28(34)35-17-25-23-10-5-3-8-21(23)22-9-4-6-11-24(22)25/h3-6,8-11,18-20,25H,2,7,12-17H2,1H3,(H,29,31)(H,30,34)(H,32,33). The lowest BCUT2D eigenvalue weighted by Crippen LogP contribution is -2.39. The zero-order chi connectivity index (χ0) is 24.8. The quantitative estimate of drug-likeness (QED) is 0.439. The van der Waals surface area contributed by atoms with Crippen LogP contribution in [0.15, 0.2) is 48.5 Å². The fraction of sp³-hybridized carbons (Fsp3) is 0.464. The normalized spacial score (nSPS) is 19.1. The fourth-order valence-corrected chi connectivity index (χ4v) is 5.32. The Bertz CT molecular complexity index is 1020. The van der Waals surface area contributed by atoms with Gasteiger partial charge in [-0.05, 0) is 53.4 Å². The Morgan fingerprint density at radius 3 is 2.20 bits per heavy atom. The van der Waals surface area contributed by atoms with Gasteiger partial charge in [0.2, 0.25) is 5.91 Å².